The third-order valence-corrected chi connectivity index (χ3v) is 8.25. The van der Waals surface area contributed by atoms with Crippen molar-refractivity contribution in [2.24, 2.45) is 0 Å². The fourth-order valence-corrected chi connectivity index (χ4v) is 6.11. The summed E-state index contributed by atoms with van der Waals surface area (Å²) in [6.07, 6.45) is 11.1. The number of esters is 1. The van der Waals surface area contributed by atoms with E-state index in [0.29, 0.717) is 43.0 Å². The molecule has 40 heavy (non-hydrogen) atoms. The number of rotatable bonds is 7. The molecule has 2 N–H and O–H groups in total. The summed E-state index contributed by atoms with van der Waals surface area (Å²) in [5.41, 5.74) is 1.04. The Morgan fingerprint density at radius 1 is 0.975 bits per heavy atom. The van der Waals surface area contributed by atoms with Gasteiger partial charge in [-0.25, -0.2) is 14.6 Å². The number of likely N-dealkylation sites (tertiary alicyclic amines) is 2. The topological polar surface area (TPSA) is 103 Å². The molecule has 4 heterocycles. The molecule has 3 fully saturated rings. The largest absolute Gasteiger partial charge is 0.462 e. The number of carbonyl (C=O) groups excluding carboxylic acids is 2. The molecule has 10 nitrogen and oxygen atoms in total. The van der Waals surface area contributed by atoms with Gasteiger partial charge in [-0.1, -0.05) is 18.9 Å². The van der Waals surface area contributed by atoms with Gasteiger partial charge in [0.2, 0.25) is 5.95 Å². The number of carbonyl (C=O) groups is 2. The van der Waals surface area contributed by atoms with Gasteiger partial charge >= 0.3 is 12.0 Å². The number of piperidine rings is 2. The van der Waals surface area contributed by atoms with Crippen molar-refractivity contribution in [2.75, 3.05) is 61.4 Å². The smallest absolute Gasteiger partial charge is 0.338 e. The van der Waals surface area contributed by atoms with E-state index in [1.165, 1.54) is 25.7 Å². The Bertz CT molecular complexity index is 1130. The molecule has 1 aromatic heterocycles. The molecule has 1 atom stereocenters. The van der Waals surface area contributed by atoms with E-state index >= 15 is 0 Å². The molecule has 5 rings (SSSR count). The average molecular weight is 550 g/mol. The van der Waals surface area contributed by atoms with Crippen LogP contribution in [0, 0.1) is 0 Å². The summed E-state index contributed by atoms with van der Waals surface area (Å²) in [5.74, 6) is 1.38. The van der Waals surface area contributed by atoms with Crippen LogP contribution >= 0.6 is 0 Å². The Balaban J connectivity index is 1.10. The highest BCUT2D eigenvalue weighted by molar-refractivity contribution is 5.94. The molecule has 0 bridgehead atoms. The summed E-state index contributed by atoms with van der Waals surface area (Å²) in [6.45, 7) is 7.72. The minimum atomic E-state index is -0.384. The van der Waals surface area contributed by atoms with Crippen LogP contribution in [0.3, 0.4) is 0 Å². The maximum Gasteiger partial charge on any atom is 0.338 e. The maximum absolute atomic E-state index is 12.9. The summed E-state index contributed by atoms with van der Waals surface area (Å²) in [5, 5.41) is 6.57. The van der Waals surface area contributed by atoms with Crippen molar-refractivity contribution in [1.29, 1.82) is 0 Å². The normalized spacial score (nSPS) is 21.0. The van der Waals surface area contributed by atoms with E-state index in [1.54, 1.807) is 31.2 Å². The minimum absolute atomic E-state index is 0.126. The van der Waals surface area contributed by atoms with Crippen LogP contribution in [0.5, 0.6) is 0 Å². The maximum atomic E-state index is 12.9. The summed E-state index contributed by atoms with van der Waals surface area (Å²) >= 11 is 0. The molecule has 0 spiro atoms. The SMILES string of the molecule is CCOC(=O)c1cccc(NC(=O)N2CCC(N3CCCC(Nc4nccc(N5CCCCCC5)n4)C3)CC2)c1. The standard InChI is InChI=1S/C30H43N7O3/c1-2-40-28(38)23-9-7-10-24(21-23)33-30(39)36-19-13-26(14-20-36)37-18-8-11-25(22-37)32-29-31-15-12-27(34-29)35-16-5-3-4-6-17-35/h7,9-10,12,15,21,25-26H,2-6,8,11,13-14,16-20,22H2,1H3,(H,33,39)(H,31,32,34). The summed E-state index contributed by atoms with van der Waals surface area (Å²) in [4.78, 5) is 41.2. The lowest BCUT2D eigenvalue weighted by atomic mass is 9.98. The van der Waals surface area contributed by atoms with Crippen LogP contribution < -0.4 is 15.5 Å². The molecule has 3 saturated heterocycles. The Labute approximate surface area is 237 Å². The number of hydrogen-bond donors (Lipinski definition) is 2. The van der Waals surface area contributed by atoms with Crippen LogP contribution in [0.2, 0.25) is 0 Å². The highest BCUT2D eigenvalue weighted by Crippen LogP contribution is 2.24. The molecular weight excluding hydrogens is 506 g/mol. The van der Waals surface area contributed by atoms with E-state index in [-0.39, 0.29) is 12.0 Å². The van der Waals surface area contributed by atoms with Gasteiger partial charge in [-0.15, -0.1) is 0 Å². The number of nitrogens with zero attached hydrogens (tertiary/aromatic N) is 5. The van der Waals surface area contributed by atoms with E-state index in [1.807, 2.05) is 17.2 Å². The van der Waals surface area contributed by atoms with E-state index in [0.717, 1.165) is 63.6 Å². The Kier molecular flexibility index (Phi) is 9.70. The third-order valence-electron chi connectivity index (χ3n) is 8.25. The Morgan fingerprint density at radius 3 is 2.55 bits per heavy atom. The predicted octanol–water partition coefficient (Wildman–Crippen LogP) is 4.61. The van der Waals surface area contributed by atoms with Crippen LogP contribution in [0.1, 0.15) is 68.6 Å². The number of nitrogens with one attached hydrogen (secondary N) is 2. The molecule has 216 valence electrons. The van der Waals surface area contributed by atoms with Crippen molar-refractivity contribution in [3.63, 3.8) is 0 Å². The second-order valence-electron chi connectivity index (χ2n) is 11.1. The number of urea groups is 1. The molecule has 1 unspecified atom stereocenters. The van der Waals surface area contributed by atoms with E-state index < -0.39 is 0 Å². The molecule has 10 heteroatoms. The number of benzene rings is 1. The second kappa shape index (κ2) is 13.8. The zero-order valence-electron chi connectivity index (χ0n) is 23.7. The molecule has 2 amide bonds. The van der Waals surface area contributed by atoms with Gasteiger partial charge in [0.05, 0.1) is 12.2 Å². The fourth-order valence-electron chi connectivity index (χ4n) is 6.11. The number of amides is 2. The van der Waals surface area contributed by atoms with E-state index in [4.69, 9.17) is 9.72 Å². The van der Waals surface area contributed by atoms with Crippen molar-refractivity contribution in [3.05, 3.63) is 42.1 Å². The minimum Gasteiger partial charge on any atom is -0.462 e. The summed E-state index contributed by atoms with van der Waals surface area (Å²) in [7, 11) is 0. The molecular formula is C30H43N7O3. The second-order valence-corrected chi connectivity index (χ2v) is 11.1. The molecule has 3 aliphatic rings. The molecule has 0 aliphatic carbocycles. The van der Waals surface area contributed by atoms with Gasteiger partial charge in [-0.3, -0.25) is 4.90 Å². The van der Waals surface area contributed by atoms with Gasteiger partial charge in [-0.05, 0) is 76.3 Å². The zero-order chi connectivity index (χ0) is 27.7. The quantitative estimate of drug-likeness (QED) is 0.483. The predicted molar refractivity (Wildman–Crippen MR) is 157 cm³/mol. The highest BCUT2D eigenvalue weighted by atomic mass is 16.5. The molecule has 2 aromatic rings. The van der Waals surface area contributed by atoms with Crippen molar-refractivity contribution in [3.8, 4) is 0 Å². The van der Waals surface area contributed by atoms with Gasteiger partial charge in [0, 0.05) is 56.7 Å². The first-order valence-corrected chi connectivity index (χ1v) is 15.0. The van der Waals surface area contributed by atoms with Crippen LogP contribution in [-0.4, -0.2) is 89.7 Å². The van der Waals surface area contributed by atoms with Gasteiger partial charge in [0.1, 0.15) is 5.82 Å². The molecule has 1 aromatic carbocycles. The van der Waals surface area contributed by atoms with Gasteiger partial charge in [0.25, 0.3) is 0 Å². The van der Waals surface area contributed by atoms with E-state index in [2.05, 4.69) is 25.4 Å². The molecule has 3 aliphatic heterocycles. The van der Waals surface area contributed by atoms with Crippen molar-refractivity contribution >= 4 is 29.5 Å². The first-order valence-electron chi connectivity index (χ1n) is 15.0. The average Bonchev–Trinajstić information content (AvgIpc) is 3.28. The van der Waals surface area contributed by atoms with Gasteiger partial charge < -0.3 is 25.2 Å². The number of aromatic nitrogens is 2. The third kappa shape index (κ3) is 7.41. The van der Waals surface area contributed by atoms with Crippen molar-refractivity contribution in [2.45, 2.75) is 70.4 Å². The highest BCUT2D eigenvalue weighted by Gasteiger charge is 2.30. The van der Waals surface area contributed by atoms with Gasteiger partial charge in [0.15, 0.2) is 0 Å². The number of hydrogen-bond acceptors (Lipinski definition) is 8. The van der Waals surface area contributed by atoms with Crippen LogP contribution in [0.15, 0.2) is 36.5 Å². The van der Waals surface area contributed by atoms with Crippen molar-refractivity contribution < 1.29 is 14.3 Å². The van der Waals surface area contributed by atoms with Gasteiger partial charge in [-0.2, -0.15) is 4.98 Å². The van der Waals surface area contributed by atoms with E-state index in [9.17, 15) is 9.59 Å². The lowest BCUT2D eigenvalue weighted by Gasteiger charge is -2.42. The monoisotopic (exact) mass is 549 g/mol. The molecule has 0 saturated carbocycles. The summed E-state index contributed by atoms with van der Waals surface area (Å²) in [6, 6.07) is 9.60. The fraction of sp³-hybridized carbons (Fsp3) is 0.600. The Morgan fingerprint density at radius 2 is 1.77 bits per heavy atom. The Hall–Kier alpha value is -3.40. The molecule has 0 radical (unpaired) electrons. The summed E-state index contributed by atoms with van der Waals surface area (Å²) < 4.78 is 5.07. The lowest BCUT2D eigenvalue weighted by Crippen LogP contribution is -2.52. The van der Waals surface area contributed by atoms with Crippen LogP contribution in [-0.2, 0) is 4.74 Å². The van der Waals surface area contributed by atoms with Crippen LogP contribution in [0.25, 0.3) is 0 Å². The van der Waals surface area contributed by atoms with Crippen LogP contribution in [0.4, 0.5) is 22.2 Å². The van der Waals surface area contributed by atoms with Crippen molar-refractivity contribution in [1.82, 2.24) is 19.8 Å². The lowest BCUT2D eigenvalue weighted by molar-refractivity contribution is 0.0526. The zero-order valence-corrected chi connectivity index (χ0v) is 23.7. The first kappa shape index (κ1) is 28.1. The number of anilines is 3. The number of ether oxygens (including phenoxy) is 1. The first-order chi connectivity index (χ1) is 19.6.